The number of likely N-dealkylation sites (tertiary alicyclic amines) is 1. The Balaban J connectivity index is 2.11. The molecule has 1 aliphatic rings. The van der Waals surface area contributed by atoms with Crippen LogP contribution in [-0.2, 0) is 4.74 Å². The molecule has 0 amide bonds. The molecule has 1 aromatic rings. The number of rotatable bonds is 4. The maximum Gasteiger partial charge on any atom is 0.341 e. The molecule has 1 saturated heterocycles. The topological polar surface area (TPSA) is 38.8 Å². The van der Waals surface area contributed by atoms with E-state index < -0.39 is 0 Å². The van der Waals surface area contributed by atoms with E-state index in [9.17, 15) is 4.79 Å². The van der Waals surface area contributed by atoms with Gasteiger partial charge < -0.3 is 9.47 Å². The van der Waals surface area contributed by atoms with Crippen LogP contribution in [0.5, 0.6) is 5.75 Å². The summed E-state index contributed by atoms with van der Waals surface area (Å²) in [6.45, 7) is 3.18. The highest BCUT2D eigenvalue weighted by molar-refractivity contribution is 5.92. The Labute approximate surface area is 120 Å². The van der Waals surface area contributed by atoms with E-state index in [1.807, 2.05) is 18.2 Å². The lowest BCUT2D eigenvalue weighted by Crippen LogP contribution is -2.45. The quantitative estimate of drug-likeness (QED) is 0.793. The van der Waals surface area contributed by atoms with E-state index in [1.165, 1.54) is 20.0 Å². The predicted octanol–water partition coefficient (Wildman–Crippen LogP) is 2.72. The Morgan fingerprint density at radius 2 is 2.10 bits per heavy atom. The van der Waals surface area contributed by atoms with Crippen molar-refractivity contribution in [1.29, 1.82) is 0 Å². The van der Waals surface area contributed by atoms with Crippen LogP contribution in [0.2, 0.25) is 0 Å². The van der Waals surface area contributed by atoms with Crippen LogP contribution in [0.15, 0.2) is 24.3 Å². The predicted molar refractivity (Wildman–Crippen MR) is 78.1 cm³/mol. The van der Waals surface area contributed by atoms with Gasteiger partial charge in [-0.3, -0.25) is 4.90 Å². The summed E-state index contributed by atoms with van der Waals surface area (Å²) in [4.78, 5) is 14.1. The van der Waals surface area contributed by atoms with Crippen LogP contribution in [0, 0.1) is 0 Å². The monoisotopic (exact) mass is 277 g/mol. The van der Waals surface area contributed by atoms with Crippen LogP contribution in [0.1, 0.15) is 36.5 Å². The molecule has 2 rings (SSSR count). The summed E-state index contributed by atoms with van der Waals surface area (Å²) in [6, 6.07) is 7.65. The molecule has 4 heteroatoms. The Morgan fingerprint density at radius 1 is 1.35 bits per heavy atom. The van der Waals surface area contributed by atoms with Crippen molar-refractivity contribution in [2.24, 2.45) is 0 Å². The van der Waals surface area contributed by atoms with Gasteiger partial charge in [0, 0.05) is 6.04 Å². The van der Waals surface area contributed by atoms with Crippen LogP contribution < -0.4 is 4.74 Å². The third kappa shape index (κ3) is 3.31. The normalized spacial score (nSPS) is 21.2. The fraction of sp³-hybridized carbons (Fsp3) is 0.562. The number of likely N-dealkylation sites (N-methyl/N-ethyl adjacent to an activating group) is 1. The van der Waals surface area contributed by atoms with Crippen LogP contribution in [0.4, 0.5) is 0 Å². The second-order valence-corrected chi connectivity index (χ2v) is 5.35. The Hall–Kier alpha value is -1.55. The van der Waals surface area contributed by atoms with Gasteiger partial charge in [-0.05, 0) is 45.5 Å². The maximum absolute atomic E-state index is 11.7. The first-order chi connectivity index (χ1) is 9.63. The molecule has 0 spiro atoms. The molecular weight excluding hydrogens is 254 g/mol. The van der Waals surface area contributed by atoms with Gasteiger partial charge in [-0.15, -0.1) is 0 Å². The molecule has 110 valence electrons. The fourth-order valence-electron chi connectivity index (χ4n) is 2.82. The summed E-state index contributed by atoms with van der Waals surface area (Å²) in [5.74, 6) is 0.246. The molecule has 0 aromatic heterocycles. The molecule has 20 heavy (non-hydrogen) atoms. The zero-order valence-corrected chi connectivity index (χ0v) is 12.5. The number of methoxy groups -OCH3 is 1. The van der Waals surface area contributed by atoms with Crippen molar-refractivity contribution in [3.63, 3.8) is 0 Å². The minimum atomic E-state index is -0.357. The number of hydrogen-bond donors (Lipinski definition) is 0. The molecule has 0 radical (unpaired) electrons. The summed E-state index contributed by atoms with van der Waals surface area (Å²) in [6.07, 6.45) is 3.67. The molecular formula is C16H23NO3. The standard InChI is InChI=1S/C16H23NO3/c1-12(14-9-6-7-11-17(14)2)20-15-10-5-4-8-13(15)16(18)19-3/h4-5,8,10,12,14H,6-7,9,11H2,1-3H3. The first-order valence-corrected chi connectivity index (χ1v) is 7.17. The van der Waals surface area contributed by atoms with E-state index in [-0.39, 0.29) is 12.1 Å². The van der Waals surface area contributed by atoms with Crippen molar-refractivity contribution in [3.8, 4) is 5.75 Å². The summed E-state index contributed by atoms with van der Waals surface area (Å²) >= 11 is 0. The third-order valence-corrected chi connectivity index (χ3v) is 3.97. The van der Waals surface area contributed by atoms with Gasteiger partial charge in [0.1, 0.15) is 17.4 Å². The molecule has 2 atom stereocenters. The first-order valence-electron chi connectivity index (χ1n) is 7.17. The molecule has 0 saturated carbocycles. The lowest BCUT2D eigenvalue weighted by Gasteiger charge is -2.36. The highest BCUT2D eigenvalue weighted by atomic mass is 16.5. The van der Waals surface area contributed by atoms with E-state index in [0.717, 1.165) is 13.0 Å². The number of benzene rings is 1. The largest absolute Gasteiger partial charge is 0.488 e. The highest BCUT2D eigenvalue weighted by Gasteiger charge is 2.27. The summed E-state index contributed by atoms with van der Waals surface area (Å²) in [5.41, 5.74) is 0.486. The number of esters is 1. The van der Waals surface area contributed by atoms with E-state index in [4.69, 9.17) is 9.47 Å². The van der Waals surface area contributed by atoms with Crippen molar-refractivity contribution < 1.29 is 14.3 Å². The molecule has 1 heterocycles. The van der Waals surface area contributed by atoms with Gasteiger partial charge in [0.05, 0.1) is 7.11 Å². The first kappa shape index (κ1) is 14.9. The summed E-state index contributed by atoms with van der Waals surface area (Å²) < 4.78 is 10.8. The minimum Gasteiger partial charge on any atom is -0.488 e. The molecule has 0 bridgehead atoms. The molecule has 1 fully saturated rings. The molecule has 0 aliphatic carbocycles. The van der Waals surface area contributed by atoms with Crippen molar-refractivity contribution in [2.75, 3.05) is 20.7 Å². The van der Waals surface area contributed by atoms with Crippen molar-refractivity contribution in [1.82, 2.24) is 4.90 Å². The van der Waals surface area contributed by atoms with Crippen LogP contribution in [0.25, 0.3) is 0 Å². The van der Waals surface area contributed by atoms with Gasteiger partial charge in [-0.25, -0.2) is 4.79 Å². The van der Waals surface area contributed by atoms with Crippen LogP contribution >= 0.6 is 0 Å². The Morgan fingerprint density at radius 3 is 2.80 bits per heavy atom. The molecule has 0 N–H and O–H groups in total. The Kier molecular flexibility index (Phi) is 5.01. The fourth-order valence-corrected chi connectivity index (χ4v) is 2.82. The minimum absolute atomic E-state index is 0.0473. The van der Waals surface area contributed by atoms with Gasteiger partial charge in [-0.2, -0.15) is 0 Å². The number of carbonyl (C=O) groups excluding carboxylic acids is 1. The van der Waals surface area contributed by atoms with E-state index in [2.05, 4.69) is 18.9 Å². The zero-order chi connectivity index (χ0) is 14.5. The second kappa shape index (κ2) is 6.75. The number of hydrogen-bond acceptors (Lipinski definition) is 4. The second-order valence-electron chi connectivity index (χ2n) is 5.35. The molecule has 1 aliphatic heterocycles. The van der Waals surface area contributed by atoms with E-state index in [1.54, 1.807) is 6.07 Å². The van der Waals surface area contributed by atoms with Crippen LogP contribution in [-0.4, -0.2) is 43.7 Å². The lowest BCUT2D eigenvalue weighted by atomic mass is 9.99. The average molecular weight is 277 g/mol. The van der Waals surface area contributed by atoms with Gasteiger partial charge in [-0.1, -0.05) is 18.6 Å². The zero-order valence-electron chi connectivity index (χ0n) is 12.5. The van der Waals surface area contributed by atoms with Crippen molar-refractivity contribution in [3.05, 3.63) is 29.8 Å². The van der Waals surface area contributed by atoms with Gasteiger partial charge in [0.25, 0.3) is 0 Å². The number of piperidine rings is 1. The number of ether oxygens (including phenoxy) is 2. The maximum atomic E-state index is 11.7. The van der Waals surface area contributed by atoms with E-state index >= 15 is 0 Å². The third-order valence-electron chi connectivity index (χ3n) is 3.97. The average Bonchev–Trinajstić information content (AvgIpc) is 2.47. The number of carbonyl (C=O) groups is 1. The Bertz CT molecular complexity index is 461. The molecule has 2 unspecified atom stereocenters. The van der Waals surface area contributed by atoms with E-state index in [0.29, 0.717) is 17.4 Å². The number of para-hydroxylation sites is 1. The number of nitrogens with zero attached hydrogens (tertiary/aromatic N) is 1. The summed E-state index contributed by atoms with van der Waals surface area (Å²) in [7, 11) is 3.52. The SMILES string of the molecule is COC(=O)c1ccccc1OC(C)C1CCCCN1C. The molecule has 4 nitrogen and oxygen atoms in total. The van der Waals surface area contributed by atoms with Crippen molar-refractivity contribution in [2.45, 2.75) is 38.3 Å². The van der Waals surface area contributed by atoms with Gasteiger partial charge >= 0.3 is 5.97 Å². The molecule has 1 aromatic carbocycles. The van der Waals surface area contributed by atoms with Crippen LogP contribution in [0.3, 0.4) is 0 Å². The smallest absolute Gasteiger partial charge is 0.341 e. The van der Waals surface area contributed by atoms with Crippen molar-refractivity contribution >= 4 is 5.97 Å². The van der Waals surface area contributed by atoms with Gasteiger partial charge in [0.15, 0.2) is 0 Å². The summed E-state index contributed by atoms with van der Waals surface area (Å²) in [5, 5.41) is 0. The lowest BCUT2D eigenvalue weighted by molar-refractivity contribution is 0.0557. The highest BCUT2D eigenvalue weighted by Crippen LogP contribution is 2.25. The van der Waals surface area contributed by atoms with Gasteiger partial charge in [0.2, 0.25) is 0 Å².